The molecule has 0 spiro atoms. The molecule has 9 heteroatoms. The van der Waals surface area contributed by atoms with Crippen LogP contribution in [-0.2, 0) is 0 Å². The van der Waals surface area contributed by atoms with Gasteiger partial charge in [-0.2, -0.15) is 0 Å². The number of piperidine rings is 1. The summed E-state index contributed by atoms with van der Waals surface area (Å²) in [5, 5.41) is 0. The largest absolute Gasteiger partial charge is 0.340 e. The molecule has 29 heavy (non-hydrogen) atoms. The molecule has 0 radical (unpaired) electrons. The molecule has 154 valence electrons. The summed E-state index contributed by atoms with van der Waals surface area (Å²) in [7, 11) is 0. The van der Waals surface area contributed by atoms with Gasteiger partial charge in [-0.3, -0.25) is 0 Å². The first-order valence-corrected chi connectivity index (χ1v) is 9.22. The van der Waals surface area contributed by atoms with Crippen molar-refractivity contribution in [1.82, 2.24) is 9.55 Å². The number of rotatable bonds is 3. The van der Waals surface area contributed by atoms with Gasteiger partial charge < -0.3 is 15.2 Å². The monoisotopic (exact) mass is 410 g/mol. The van der Waals surface area contributed by atoms with Crippen molar-refractivity contribution in [2.24, 2.45) is 5.73 Å². The van der Waals surface area contributed by atoms with Crippen LogP contribution in [0.25, 0.3) is 11.0 Å². The van der Waals surface area contributed by atoms with Crippen LogP contribution in [0, 0.1) is 23.3 Å². The molecular weight excluding hydrogens is 391 g/mol. The van der Waals surface area contributed by atoms with Crippen LogP contribution in [0.2, 0.25) is 0 Å². The molecule has 1 saturated heterocycles. The lowest BCUT2D eigenvalue weighted by molar-refractivity contribution is 0.243. The zero-order chi connectivity index (χ0) is 20.9. The maximum absolute atomic E-state index is 14.4. The van der Waals surface area contributed by atoms with Crippen LogP contribution >= 0.6 is 0 Å². The number of anilines is 1. The maximum Gasteiger partial charge on any atom is 0.207 e. The number of hydrogen-bond donors (Lipinski definition) is 1. The topological polar surface area (TPSA) is 47.1 Å². The fraction of sp³-hybridized carbons (Fsp3) is 0.350. The Labute approximate surface area is 163 Å². The van der Waals surface area contributed by atoms with Gasteiger partial charge in [-0.1, -0.05) is 0 Å². The Morgan fingerprint density at radius 1 is 1.07 bits per heavy atom. The average Bonchev–Trinajstić information content (AvgIpc) is 3.04. The third-order valence-corrected chi connectivity index (χ3v) is 5.36. The Hall–Kier alpha value is -2.68. The van der Waals surface area contributed by atoms with Gasteiger partial charge in [-0.05, 0) is 31.5 Å². The summed E-state index contributed by atoms with van der Waals surface area (Å²) in [5.74, 6) is -3.16. The Morgan fingerprint density at radius 2 is 1.79 bits per heavy atom. The van der Waals surface area contributed by atoms with Crippen LogP contribution in [0.5, 0.6) is 0 Å². The molecule has 0 unspecified atom stereocenters. The zero-order valence-corrected chi connectivity index (χ0v) is 15.5. The molecule has 2 N–H and O–H groups in total. The number of fused-ring (bicyclic) bond motifs is 1. The predicted molar refractivity (Wildman–Crippen MR) is 99.5 cm³/mol. The Bertz CT molecular complexity index is 1070. The molecule has 4 nitrogen and oxygen atoms in total. The van der Waals surface area contributed by atoms with E-state index in [1.807, 2.05) is 0 Å². The third kappa shape index (κ3) is 3.43. The summed E-state index contributed by atoms with van der Waals surface area (Å²) < 4.78 is 71.3. The summed E-state index contributed by atoms with van der Waals surface area (Å²) in [6.45, 7) is 2.01. The lowest BCUT2D eigenvalue weighted by Gasteiger charge is -2.35. The molecule has 0 amide bonds. The highest BCUT2D eigenvalue weighted by Crippen LogP contribution is 2.34. The van der Waals surface area contributed by atoms with Gasteiger partial charge in [0.2, 0.25) is 5.95 Å². The van der Waals surface area contributed by atoms with E-state index in [9.17, 15) is 22.0 Å². The molecule has 0 aliphatic carbocycles. The van der Waals surface area contributed by atoms with E-state index in [1.165, 1.54) is 4.57 Å². The molecule has 3 aromatic rings. The summed E-state index contributed by atoms with van der Waals surface area (Å²) in [6.07, 6.45) is -1.01. The van der Waals surface area contributed by atoms with Crippen LogP contribution in [0.4, 0.5) is 27.9 Å². The second-order valence-corrected chi connectivity index (χ2v) is 7.29. The number of alkyl halides is 1. The highest BCUT2D eigenvalue weighted by Gasteiger charge is 2.31. The second kappa shape index (κ2) is 7.29. The zero-order valence-electron chi connectivity index (χ0n) is 15.5. The maximum atomic E-state index is 14.4. The summed E-state index contributed by atoms with van der Waals surface area (Å²) >= 11 is 0. The average molecular weight is 410 g/mol. The van der Waals surface area contributed by atoms with Crippen molar-refractivity contribution in [3.05, 3.63) is 59.2 Å². The SMILES string of the molecule is C[C@@H](c1cc(F)ccc1F)n1c(N2CC[C@@H](F)[C@H](N)C2)nc2cc(F)c(F)cc21. The van der Waals surface area contributed by atoms with Crippen molar-refractivity contribution in [1.29, 1.82) is 0 Å². The highest BCUT2D eigenvalue weighted by molar-refractivity contribution is 5.79. The van der Waals surface area contributed by atoms with E-state index in [-0.39, 0.29) is 42.1 Å². The van der Waals surface area contributed by atoms with Crippen molar-refractivity contribution in [3.8, 4) is 0 Å². The first-order chi connectivity index (χ1) is 13.8. The van der Waals surface area contributed by atoms with Crippen LogP contribution in [-0.4, -0.2) is 34.9 Å². The normalized spacial score (nSPS) is 21.0. The Morgan fingerprint density at radius 3 is 2.52 bits per heavy atom. The van der Waals surface area contributed by atoms with Crippen molar-refractivity contribution in [3.63, 3.8) is 0 Å². The number of aromatic nitrogens is 2. The molecule has 0 bridgehead atoms. The molecule has 0 saturated carbocycles. The fourth-order valence-electron chi connectivity index (χ4n) is 3.79. The van der Waals surface area contributed by atoms with Gasteiger partial charge in [0.25, 0.3) is 0 Å². The molecule has 1 aromatic heterocycles. The molecule has 1 aliphatic rings. The van der Waals surface area contributed by atoms with E-state index < -0.39 is 41.5 Å². The predicted octanol–water partition coefficient (Wildman–Crippen LogP) is 4.08. The van der Waals surface area contributed by atoms with Gasteiger partial charge in [0.15, 0.2) is 11.6 Å². The van der Waals surface area contributed by atoms with E-state index in [2.05, 4.69) is 4.98 Å². The summed E-state index contributed by atoms with van der Waals surface area (Å²) in [5.41, 5.74) is 6.24. The quantitative estimate of drug-likeness (QED) is 0.662. The number of imidazole rings is 1. The first kappa shape index (κ1) is 19.6. The van der Waals surface area contributed by atoms with E-state index >= 15 is 0 Å². The van der Waals surface area contributed by atoms with Crippen LogP contribution in [0.15, 0.2) is 30.3 Å². The molecule has 2 heterocycles. The van der Waals surface area contributed by atoms with Crippen LogP contribution in [0.1, 0.15) is 24.9 Å². The Kier molecular flexibility index (Phi) is 4.94. The number of nitrogens with zero attached hydrogens (tertiary/aromatic N) is 3. The summed E-state index contributed by atoms with van der Waals surface area (Å²) in [4.78, 5) is 6.08. The van der Waals surface area contributed by atoms with E-state index in [4.69, 9.17) is 5.73 Å². The Balaban J connectivity index is 1.90. The van der Waals surface area contributed by atoms with Crippen molar-refractivity contribution >= 4 is 17.0 Å². The minimum atomic E-state index is -1.17. The smallest absolute Gasteiger partial charge is 0.207 e. The molecule has 1 aliphatic heterocycles. The number of halogens is 5. The van der Waals surface area contributed by atoms with Crippen molar-refractivity contribution in [2.75, 3.05) is 18.0 Å². The fourth-order valence-corrected chi connectivity index (χ4v) is 3.79. The van der Waals surface area contributed by atoms with Gasteiger partial charge in [0.1, 0.15) is 17.8 Å². The summed E-state index contributed by atoms with van der Waals surface area (Å²) in [6, 6.07) is 3.41. The van der Waals surface area contributed by atoms with Gasteiger partial charge >= 0.3 is 0 Å². The van der Waals surface area contributed by atoms with Gasteiger partial charge in [-0.15, -0.1) is 0 Å². The first-order valence-electron chi connectivity index (χ1n) is 9.22. The van der Waals surface area contributed by atoms with Crippen LogP contribution < -0.4 is 10.6 Å². The van der Waals surface area contributed by atoms with Gasteiger partial charge in [0, 0.05) is 30.8 Å². The van der Waals surface area contributed by atoms with Crippen molar-refractivity contribution < 1.29 is 22.0 Å². The number of hydrogen-bond acceptors (Lipinski definition) is 3. The minimum absolute atomic E-state index is 0.0277. The van der Waals surface area contributed by atoms with Gasteiger partial charge in [0.05, 0.1) is 23.1 Å². The third-order valence-electron chi connectivity index (χ3n) is 5.36. The molecular formula is C20H19F5N4. The van der Waals surface area contributed by atoms with Gasteiger partial charge in [-0.25, -0.2) is 26.9 Å². The second-order valence-electron chi connectivity index (χ2n) is 7.29. The molecule has 1 fully saturated rings. The van der Waals surface area contributed by atoms with E-state index in [0.29, 0.717) is 0 Å². The lowest BCUT2D eigenvalue weighted by Crippen LogP contribution is -2.50. The van der Waals surface area contributed by atoms with E-state index in [0.717, 1.165) is 30.3 Å². The minimum Gasteiger partial charge on any atom is -0.340 e. The van der Waals surface area contributed by atoms with Crippen LogP contribution in [0.3, 0.4) is 0 Å². The molecule has 2 aromatic carbocycles. The standard InChI is InChI=1S/C20H19F5N4/c1-10(12-6-11(21)2-3-13(12)22)29-19-8-16(25)15(24)7-18(19)27-20(29)28-5-4-14(23)17(26)9-28/h2-3,6-8,10,14,17H,4-5,9,26H2,1H3/t10-,14+,17+/m0/s1. The van der Waals surface area contributed by atoms with E-state index in [1.54, 1.807) is 11.8 Å². The lowest BCUT2D eigenvalue weighted by atomic mass is 10.0. The highest BCUT2D eigenvalue weighted by atomic mass is 19.2. The number of nitrogens with two attached hydrogens (primary N) is 1. The molecule has 4 rings (SSSR count). The molecule has 3 atom stereocenters. The van der Waals surface area contributed by atoms with Crippen molar-refractivity contribution in [2.45, 2.75) is 31.6 Å². The number of benzene rings is 2.